The topological polar surface area (TPSA) is 75.7 Å². The van der Waals surface area contributed by atoms with Gasteiger partial charge in [0.2, 0.25) is 0 Å². The molecule has 6 heteroatoms. The zero-order valence-corrected chi connectivity index (χ0v) is 10.2. The van der Waals surface area contributed by atoms with E-state index in [1.54, 1.807) is 6.33 Å². The molecule has 0 unspecified atom stereocenters. The van der Waals surface area contributed by atoms with Gasteiger partial charge in [-0.3, -0.25) is 0 Å². The molecule has 2 N–H and O–H groups in total. The molecule has 0 amide bonds. The van der Waals surface area contributed by atoms with Gasteiger partial charge in [-0.2, -0.15) is 0 Å². The summed E-state index contributed by atoms with van der Waals surface area (Å²) in [7, 11) is 0. The summed E-state index contributed by atoms with van der Waals surface area (Å²) in [5.41, 5.74) is 1.46. The summed E-state index contributed by atoms with van der Waals surface area (Å²) in [5.74, 6) is 1.60. The van der Waals surface area contributed by atoms with Gasteiger partial charge in [0.1, 0.15) is 24.2 Å². The average Bonchev–Trinajstić information content (AvgIpc) is 2.94. The smallest absolute Gasteiger partial charge is 0.182 e. The first-order valence-electron chi connectivity index (χ1n) is 5.99. The van der Waals surface area contributed by atoms with E-state index in [9.17, 15) is 0 Å². The molecule has 96 valence electrons. The summed E-state index contributed by atoms with van der Waals surface area (Å²) >= 11 is 0. The van der Waals surface area contributed by atoms with Crippen LogP contribution in [0.5, 0.6) is 5.75 Å². The Bertz CT molecular complexity index is 652. The van der Waals surface area contributed by atoms with Gasteiger partial charge in [-0.15, -0.1) is 0 Å². The van der Waals surface area contributed by atoms with Gasteiger partial charge in [-0.25, -0.2) is 15.0 Å². The Morgan fingerprint density at radius 2 is 2.00 bits per heavy atom. The highest BCUT2D eigenvalue weighted by Gasteiger charge is 2.04. The van der Waals surface area contributed by atoms with E-state index in [2.05, 4.69) is 25.3 Å². The number of aromatic amines is 1. The number of anilines is 1. The fraction of sp³-hybridized carbons (Fsp3) is 0.154. The molecule has 0 saturated carbocycles. The van der Waals surface area contributed by atoms with Crippen LogP contribution in [-0.2, 0) is 0 Å². The second-order valence-corrected chi connectivity index (χ2v) is 3.91. The monoisotopic (exact) mass is 255 g/mol. The van der Waals surface area contributed by atoms with Gasteiger partial charge < -0.3 is 15.0 Å². The van der Waals surface area contributed by atoms with Crippen molar-refractivity contribution in [3.05, 3.63) is 43.0 Å². The van der Waals surface area contributed by atoms with Crippen molar-refractivity contribution in [1.82, 2.24) is 19.9 Å². The fourth-order valence-electron chi connectivity index (χ4n) is 1.75. The zero-order valence-electron chi connectivity index (χ0n) is 10.2. The lowest BCUT2D eigenvalue weighted by atomic mass is 10.3. The molecule has 2 heterocycles. The maximum absolute atomic E-state index is 5.59. The predicted octanol–water partition coefficient (Wildman–Crippen LogP) is 1.84. The van der Waals surface area contributed by atoms with Crippen molar-refractivity contribution in [2.24, 2.45) is 0 Å². The minimum Gasteiger partial charge on any atom is -0.492 e. The Hall–Kier alpha value is -2.63. The van der Waals surface area contributed by atoms with E-state index in [0.29, 0.717) is 18.8 Å². The summed E-state index contributed by atoms with van der Waals surface area (Å²) in [5, 5.41) is 3.20. The van der Waals surface area contributed by atoms with Gasteiger partial charge in [0, 0.05) is 0 Å². The van der Waals surface area contributed by atoms with E-state index in [-0.39, 0.29) is 0 Å². The van der Waals surface area contributed by atoms with Crippen LogP contribution in [0.15, 0.2) is 43.0 Å². The number of nitrogens with zero attached hydrogens (tertiary/aromatic N) is 3. The molecule has 0 bridgehead atoms. The Labute approximate surface area is 109 Å². The fourth-order valence-corrected chi connectivity index (χ4v) is 1.75. The van der Waals surface area contributed by atoms with Crippen LogP contribution < -0.4 is 10.1 Å². The molecule has 19 heavy (non-hydrogen) atoms. The summed E-state index contributed by atoms with van der Waals surface area (Å²) in [6, 6.07) is 9.71. The number of fused-ring (bicyclic) bond motifs is 1. The first-order chi connectivity index (χ1) is 9.43. The molecule has 0 aliphatic rings. The highest BCUT2D eigenvalue weighted by Crippen LogP contribution is 2.14. The van der Waals surface area contributed by atoms with E-state index in [1.807, 2.05) is 30.3 Å². The van der Waals surface area contributed by atoms with E-state index in [0.717, 1.165) is 17.1 Å². The molecular formula is C13H13N5O. The van der Waals surface area contributed by atoms with Crippen LogP contribution in [0, 0.1) is 0 Å². The second kappa shape index (κ2) is 5.34. The van der Waals surface area contributed by atoms with Crippen molar-refractivity contribution in [2.75, 3.05) is 18.5 Å². The van der Waals surface area contributed by atoms with Gasteiger partial charge in [0.15, 0.2) is 11.5 Å². The SMILES string of the molecule is c1ccc(OCCNc2ncnc3nc[nH]c23)cc1. The van der Waals surface area contributed by atoms with Gasteiger partial charge >= 0.3 is 0 Å². The molecule has 0 saturated heterocycles. The molecular weight excluding hydrogens is 242 g/mol. The van der Waals surface area contributed by atoms with Crippen molar-refractivity contribution in [1.29, 1.82) is 0 Å². The van der Waals surface area contributed by atoms with Crippen LogP contribution >= 0.6 is 0 Å². The van der Waals surface area contributed by atoms with E-state index >= 15 is 0 Å². The highest BCUT2D eigenvalue weighted by atomic mass is 16.5. The molecule has 0 radical (unpaired) electrons. The number of hydrogen-bond donors (Lipinski definition) is 2. The quantitative estimate of drug-likeness (QED) is 0.680. The average molecular weight is 255 g/mol. The maximum Gasteiger partial charge on any atom is 0.182 e. The normalized spacial score (nSPS) is 10.5. The second-order valence-electron chi connectivity index (χ2n) is 3.91. The van der Waals surface area contributed by atoms with E-state index in [4.69, 9.17) is 4.74 Å². The predicted molar refractivity (Wildman–Crippen MR) is 72.1 cm³/mol. The first kappa shape index (κ1) is 11.5. The molecule has 3 aromatic rings. The number of imidazole rings is 1. The molecule has 3 rings (SSSR count). The van der Waals surface area contributed by atoms with Gasteiger partial charge in [-0.1, -0.05) is 18.2 Å². The molecule has 1 aromatic carbocycles. The third-order valence-electron chi connectivity index (χ3n) is 2.63. The van der Waals surface area contributed by atoms with Crippen molar-refractivity contribution in [2.45, 2.75) is 0 Å². The van der Waals surface area contributed by atoms with E-state index < -0.39 is 0 Å². The lowest BCUT2D eigenvalue weighted by Crippen LogP contribution is -2.12. The molecule has 2 aromatic heterocycles. The molecule has 0 aliphatic carbocycles. The molecule has 6 nitrogen and oxygen atoms in total. The number of nitrogens with one attached hydrogen (secondary N) is 2. The number of ether oxygens (including phenoxy) is 1. The minimum atomic E-state index is 0.559. The lowest BCUT2D eigenvalue weighted by molar-refractivity contribution is 0.333. The number of H-pyrrole nitrogens is 1. The first-order valence-corrected chi connectivity index (χ1v) is 5.99. The molecule has 0 atom stereocenters. The summed E-state index contributed by atoms with van der Waals surface area (Å²) in [4.78, 5) is 15.3. The number of rotatable bonds is 5. The maximum atomic E-state index is 5.59. The van der Waals surface area contributed by atoms with Crippen LogP contribution in [0.2, 0.25) is 0 Å². The van der Waals surface area contributed by atoms with Crippen molar-refractivity contribution < 1.29 is 4.74 Å². The number of para-hydroxylation sites is 1. The van der Waals surface area contributed by atoms with Gasteiger partial charge in [0.25, 0.3) is 0 Å². The Morgan fingerprint density at radius 1 is 1.11 bits per heavy atom. The van der Waals surface area contributed by atoms with Crippen LogP contribution in [0.25, 0.3) is 11.2 Å². The van der Waals surface area contributed by atoms with Crippen LogP contribution in [0.1, 0.15) is 0 Å². The standard InChI is InChI=1S/C13H13N5O/c1-2-4-10(5-3-1)19-7-6-14-12-11-13(16-8-15-11)18-9-17-12/h1-5,8-9H,6-7H2,(H2,14,15,16,17,18). The summed E-state index contributed by atoms with van der Waals surface area (Å²) < 4.78 is 5.59. The number of aromatic nitrogens is 4. The highest BCUT2D eigenvalue weighted by molar-refractivity contribution is 5.81. The van der Waals surface area contributed by atoms with Crippen LogP contribution in [-0.4, -0.2) is 33.1 Å². The molecule has 0 aliphatic heterocycles. The lowest BCUT2D eigenvalue weighted by Gasteiger charge is -2.08. The summed E-state index contributed by atoms with van der Waals surface area (Å²) in [6.07, 6.45) is 3.09. The molecule has 0 fully saturated rings. The van der Waals surface area contributed by atoms with E-state index in [1.165, 1.54) is 6.33 Å². The largest absolute Gasteiger partial charge is 0.492 e. The van der Waals surface area contributed by atoms with Crippen LogP contribution in [0.4, 0.5) is 5.82 Å². The van der Waals surface area contributed by atoms with Crippen molar-refractivity contribution >= 4 is 17.0 Å². The Balaban J connectivity index is 1.57. The van der Waals surface area contributed by atoms with Gasteiger partial charge in [0.05, 0.1) is 12.9 Å². The third kappa shape index (κ3) is 2.62. The van der Waals surface area contributed by atoms with Crippen LogP contribution in [0.3, 0.4) is 0 Å². The molecule has 0 spiro atoms. The number of benzene rings is 1. The Kier molecular flexibility index (Phi) is 3.22. The Morgan fingerprint density at radius 3 is 2.89 bits per heavy atom. The summed E-state index contributed by atoms with van der Waals surface area (Å²) in [6.45, 7) is 1.21. The van der Waals surface area contributed by atoms with Crippen molar-refractivity contribution in [3.63, 3.8) is 0 Å². The zero-order chi connectivity index (χ0) is 12.9. The van der Waals surface area contributed by atoms with Gasteiger partial charge in [-0.05, 0) is 12.1 Å². The third-order valence-corrected chi connectivity index (χ3v) is 2.63. The number of hydrogen-bond acceptors (Lipinski definition) is 5. The minimum absolute atomic E-state index is 0.559. The van der Waals surface area contributed by atoms with Crippen molar-refractivity contribution in [3.8, 4) is 5.75 Å².